The van der Waals surface area contributed by atoms with Gasteiger partial charge in [0.25, 0.3) is 0 Å². The molecule has 1 saturated heterocycles. The molecule has 1 fully saturated rings. The van der Waals surface area contributed by atoms with Crippen molar-refractivity contribution in [3.05, 3.63) is 0 Å². The van der Waals surface area contributed by atoms with Crippen LogP contribution in [0, 0.1) is 5.41 Å². The number of carbonyl (C=O) groups is 1. The summed E-state index contributed by atoms with van der Waals surface area (Å²) in [5.41, 5.74) is 0.395. The molecule has 0 aromatic rings. The fraction of sp³-hybridized carbons (Fsp3) is 0.933. The van der Waals surface area contributed by atoms with Crippen LogP contribution >= 0.6 is 0 Å². The largest absolute Gasteiger partial charge is 0.380 e. The zero-order valence-corrected chi connectivity index (χ0v) is 13.2. The third-order valence-corrected chi connectivity index (χ3v) is 3.42. The van der Waals surface area contributed by atoms with Gasteiger partial charge in [-0.3, -0.25) is 9.69 Å². The van der Waals surface area contributed by atoms with Crippen molar-refractivity contribution in [2.75, 3.05) is 46.0 Å². The van der Waals surface area contributed by atoms with Crippen molar-refractivity contribution in [3.63, 3.8) is 0 Å². The normalized spacial score (nSPS) is 20.9. The van der Waals surface area contributed by atoms with Crippen LogP contribution in [0.4, 0.5) is 0 Å². The lowest BCUT2D eigenvalue weighted by molar-refractivity contribution is -0.110. The van der Waals surface area contributed by atoms with E-state index in [1.165, 1.54) is 6.42 Å². The molecule has 5 nitrogen and oxygen atoms in total. The van der Waals surface area contributed by atoms with Crippen molar-refractivity contribution in [1.82, 2.24) is 10.2 Å². The summed E-state index contributed by atoms with van der Waals surface area (Å²) in [7, 11) is 0. The number of amides is 1. The zero-order chi connectivity index (χ0) is 14.8. The first-order valence-corrected chi connectivity index (χ1v) is 7.60. The first-order chi connectivity index (χ1) is 9.51. The maximum atomic E-state index is 10.3. The van der Waals surface area contributed by atoms with E-state index >= 15 is 0 Å². The van der Waals surface area contributed by atoms with E-state index in [2.05, 4.69) is 31.0 Å². The molecule has 20 heavy (non-hydrogen) atoms. The number of hydrogen-bond acceptors (Lipinski definition) is 4. The fourth-order valence-corrected chi connectivity index (χ4v) is 2.29. The van der Waals surface area contributed by atoms with Crippen LogP contribution in [0.3, 0.4) is 0 Å². The number of nitrogens with one attached hydrogen (secondary N) is 1. The molecule has 1 heterocycles. The van der Waals surface area contributed by atoms with Gasteiger partial charge in [0, 0.05) is 32.8 Å². The van der Waals surface area contributed by atoms with E-state index in [0.717, 1.165) is 52.3 Å². The molecule has 0 aromatic heterocycles. The van der Waals surface area contributed by atoms with Gasteiger partial charge in [-0.2, -0.15) is 0 Å². The van der Waals surface area contributed by atoms with Crippen LogP contribution in [0.15, 0.2) is 0 Å². The number of carbonyl (C=O) groups excluding carboxylic acids is 1. The zero-order valence-electron chi connectivity index (χ0n) is 13.2. The summed E-state index contributed by atoms with van der Waals surface area (Å²) in [5, 5.41) is 2.67. The van der Waals surface area contributed by atoms with Crippen LogP contribution in [0.25, 0.3) is 0 Å². The second kappa shape index (κ2) is 9.32. The van der Waals surface area contributed by atoms with Crippen molar-refractivity contribution >= 4 is 6.41 Å². The maximum Gasteiger partial charge on any atom is 0.207 e. The third kappa shape index (κ3) is 8.51. The Kier molecular flexibility index (Phi) is 8.11. The second-order valence-electron chi connectivity index (χ2n) is 6.60. The van der Waals surface area contributed by atoms with Gasteiger partial charge in [0.05, 0.1) is 19.3 Å². The van der Waals surface area contributed by atoms with Gasteiger partial charge in [-0.05, 0) is 18.3 Å². The fourth-order valence-electron chi connectivity index (χ4n) is 2.29. The topological polar surface area (TPSA) is 50.8 Å². The molecule has 1 N–H and O–H groups in total. The highest BCUT2D eigenvalue weighted by Crippen LogP contribution is 2.20. The van der Waals surface area contributed by atoms with Gasteiger partial charge >= 0.3 is 0 Å². The lowest BCUT2D eigenvalue weighted by Crippen LogP contribution is -2.47. The van der Waals surface area contributed by atoms with E-state index < -0.39 is 0 Å². The summed E-state index contributed by atoms with van der Waals surface area (Å²) >= 11 is 0. The predicted octanol–water partition coefficient (Wildman–Crippen LogP) is 1.28. The molecular formula is C15H30N2O3. The quantitative estimate of drug-likeness (QED) is 0.512. The summed E-state index contributed by atoms with van der Waals surface area (Å²) in [6.45, 7) is 12.5. The van der Waals surface area contributed by atoms with Crippen molar-refractivity contribution in [3.8, 4) is 0 Å². The molecule has 0 aromatic carbocycles. The number of morpholine rings is 1. The van der Waals surface area contributed by atoms with Crippen LogP contribution in [0.5, 0.6) is 0 Å². The summed E-state index contributed by atoms with van der Waals surface area (Å²) in [6, 6.07) is 0. The molecule has 0 aliphatic carbocycles. The Morgan fingerprint density at radius 2 is 2.20 bits per heavy atom. The Balaban J connectivity index is 2.02. The van der Waals surface area contributed by atoms with Crippen LogP contribution < -0.4 is 5.32 Å². The van der Waals surface area contributed by atoms with Gasteiger partial charge in [-0.25, -0.2) is 0 Å². The minimum atomic E-state index is 0.106. The molecule has 1 aliphatic rings. The van der Waals surface area contributed by atoms with Crippen molar-refractivity contribution in [2.45, 2.75) is 39.7 Å². The molecule has 1 rings (SSSR count). The van der Waals surface area contributed by atoms with Crippen molar-refractivity contribution in [2.24, 2.45) is 5.41 Å². The summed E-state index contributed by atoms with van der Waals surface area (Å²) in [4.78, 5) is 12.6. The van der Waals surface area contributed by atoms with E-state index in [4.69, 9.17) is 9.47 Å². The predicted molar refractivity (Wildman–Crippen MR) is 79.8 cm³/mol. The Bertz CT molecular complexity index is 266. The van der Waals surface area contributed by atoms with Gasteiger partial charge in [0.2, 0.25) is 6.41 Å². The first kappa shape index (κ1) is 17.4. The van der Waals surface area contributed by atoms with Gasteiger partial charge in [-0.15, -0.1) is 0 Å². The van der Waals surface area contributed by atoms with E-state index in [1.807, 2.05) is 0 Å². The highest BCUT2D eigenvalue weighted by atomic mass is 16.5. The van der Waals surface area contributed by atoms with Gasteiger partial charge < -0.3 is 14.8 Å². The first-order valence-electron chi connectivity index (χ1n) is 7.60. The van der Waals surface area contributed by atoms with Gasteiger partial charge in [-0.1, -0.05) is 20.8 Å². The monoisotopic (exact) mass is 286 g/mol. The number of ether oxygens (including phenoxy) is 2. The van der Waals surface area contributed by atoms with E-state index in [-0.39, 0.29) is 6.10 Å². The van der Waals surface area contributed by atoms with Gasteiger partial charge in [0.1, 0.15) is 0 Å². The summed E-state index contributed by atoms with van der Waals surface area (Å²) in [6.07, 6.45) is 3.15. The number of rotatable bonds is 9. The van der Waals surface area contributed by atoms with Crippen LogP contribution in [-0.4, -0.2) is 63.4 Å². The van der Waals surface area contributed by atoms with E-state index in [0.29, 0.717) is 12.0 Å². The van der Waals surface area contributed by atoms with Crippen LogP contribution in [0.2, 0.25) is 0 Å². The molecule has 1 aliphatic heterocycles. The summed E-state index contributed by atoms with van der Waals surface area (Å²) < 4.78 is 11.3. The molecule has 1 atom stereocenters. The Morgan fingerprint density at radius 3 is 2.90 bits per heavy atom. The maximum absolute atomic E-state index is 10.3. The Morgan fingerprint density at radius 1 is 1.40 bits per heavy atom. The third-order valence-electron chi connectivity index (χ3n) is 3.42. The minimum absolute atomic E-state index is 0.106. The highest BCUT2D eigenvalue weighted by molar-refractivity contribution is 5.45. The Labute approximate surface area is 123 Å². The summed E-state index contributed by atoms with van der Waals surface area (Å²) in [5.74, 6) is 0. The average molecular weight is 286 g/mol. The molecule has 1 unspecified atom stereocenters. The number of nitrogens with zero attached hydrogens (tertiary/aromatic N) is 1. The SMILES string of the molecule is CC(C)(C)CCCOCCN1CCOC(CNC=O)C1. The van der Waals surface area contributed by atoms with E-state index in [1.54, 1.807) is 0 Å². The molecule has 0 bridgehead atoms. The molecule has 0 radical (unpaired) electrons. The molecule has 0 spiro atoms. The van der Waals surface area contributed by atoms with Crippen LogP contribution in [0.1, 0.15) is 33.6 Å². The minimum Gasteiger partial charge on any atom is -0.380 e. The van der Waals surface area contributed by atoms with Crippen molar-refractivity contribution < 1.29 is 14.3 Å². The lowest BCUT2D eigenvalue weighted by Gasteiger charge is -2.32. The number of hydrogen-bond donors (Lipinski definition) is 1. The second-order valence-corrected chi connectivity index (χ2v) is 6.60. The molecular weight excluding hydrogens is 256 g/mol. The average Bonchev–Trinajstić information content (AvgIpc) is 2.40. The molecule has 1 amide bonds. The molecule has 5 heteroatoms. The van der Waals surface area contributed by atoms with E-state index in [9.17, 15) is 4.79 Å². The van der Waals surface area contributed by atoms with Crippen molar-refractivity contribution in [1.29, 1.82) is 0 Å². The Hall–Kier alpha value is -0.650. The van der Waals surface area contributed by atoms with Gasteiger partial charge in [0.15, 0.2) is 0 Å². The molecule has 118 valence electrons. The lowest BCUT2D eigenvalue weighted by atomic mass is 9.91. The van der Waals surface area contributed by atoms with Crippen LogP contribution in [-0.2, 0) is 14.3 Å². The smallest absolute Gasteiger partial charge is 0.207 e. The highest BCUT2D eigenvalue weighted by Gasteiger charge is 2.19. The molecule has 0 saturated carbocycles. The standard InChI is InChI=1S/C15H30N2O3/c1-15(2,3)5-4-8-19-9-6-17-7-10-20-14(12-17)11-16-13-18/h13-14H,4-12H2,1-3H3,(H,16,18).